The monoisotopic (exact) mass is 1610 g/mol. The highest BCUT2D eigenvalue weighted by Gasteiger charge is 2.60. The Morgan fingerprint density at radius 3 is 1.08 bits per heavy atom. The Morgan fingerprint density at radius 2 is 0.676 bits per heavy atom. The molecule has 2 saturated heterocycles. The van der Waals surface area contributed by atoms with Crippen molar-refractivity contribution in [1.29, 1.82) is 0 Å². The average molecular weight is 1610 g/mol. The van der Waals surface area contributed by atoms with E-state index in [-0.39, 0.29) is 25.7 Å². The van der Waals surface area contributed by atoms with Gasteiger partial charge in [-0.05, 0) is 51.4 Å². The van der Waals surface area contributed by atoms with Gasteiger partial charge < -0.3 is 88.7 Å². The van der Waals surface area contributed by atoms with Gasteiger partial charge in [0.15, 0.2) is 24.8 Å². The summed E-state index contributed by atoms with van der Waals surface area (Å²) in [7, 11) is -5.80. The van der Waals surface area contributed by atoms with Crippen molar-refractivity contribution >= 4 is 31.7 Å². The number of phosphoric ester groups is 1. The Kier molecular flexibility index (Phi) is 60.1. The van der Waals surface area contributed by atoms with Crippen LogP contribution in [0, 0.1) is 0 Å². The average Bonchev–Trinajstić information content (AvgIpc) is 0.755. The third-order valence-electron chi connectivity index (χ3n) is 21.8. The molecule has 10 N–H and O–H groups in total. The maximum Gasteiger partial charge on any atom is 0.472 e. The van der Waals surface area contributed by atoms with E-state index in [0.717, 1.165) is 122 Å². The summed E-state index contributed by atoms with van der Waals surface area (Å²) in [6.45, 7) is 5.54. The van der Waals surface area contributed by atoms with Gasteiger partial charge in [0, 0.05) is 25.7 Å². The number of aliphatic hydroxyl groups excluding tert-OH is 9. The van der Waals surface area contributed by atoms with E-state index >= 15 is 0 Å². The molecule has 111 heavy (non-hydrogen) atoms. The lowest BCUT2D eigenvalue weighted by molar-refractivity contribution is -0.360. The van der Waals surface area contributed by atoms with Crippen molar-refractivity contribution in [3.05, 3.63) is 12.2 Å². The zero-order valence-electron chi connectivity index (χ0n) is 69.0. The lowest BCUT2D eigenvalue weighted by Gasteiger charge is -2.50. The van der Waals surface area contributed by atoms with Gasteiger partial charge in [-0.2, -0.15) is 0 Å². The van der Waals surface area contributed by atoms with Crippen LogP contribution in [-0.4, -0.2) is 205 Å². The molecule has 2 heterocycles. The predicted octanol–water partition coefficient (Wildman–Crippen LogP) is 15.2. The van der Waals surface area contributed by atoms with Gasteiger partial charge in [-0.15, -0.1) is 0 Å². The number of carbonyl (C=O) groups is 4. The van der Waals surface area contributed by atoms with E-state index in [1.807, 2.05) is 0 Å². The van der Waals surface area contributed by atoms with Gasteiger partial charge in [-0.3, -0.25) is 28.2 Å². The van der Waals surface area contributed by atoms with Crippen molar-refractivity contribution in [3.63, 3.8) is 0 Å². The lowest BCUT2D eigenvalue weighted by Crippen LogP contribution is -2.70. The van der Waals surface area contributed by atoms with E-state index in [0.29, 0.717) is 38.5 Å². The number of ether oxygens (including phenoxy) is 8. The second-order valence-corrected chi connectivity index (χ2v) is 33.2. The SMILES string of the molecule is CCCCCCCC/C=C\CCCCCC(=O)OC(COC(=O)CCCCCCCCCCCCCCC)COP(=O)(O)OC1C(OC2OC(CO)C(O)C(O)C2O)C(O)C(O)C(OC(=O)CCCCCCCCCCCCCCC)C1OC1OC(COC(=O)CCCCCCCCCCCCCCC)C(O)C(O)C1O. The molecule has 3 aliphatic rings. The second-order valence-electron chi connectivity index (χ2n) is 31.8. The fraction of sp³-hybridized carbons (Fsp3) is 0.929. The first kappa shape index (κ1) is 102. The van der Waals surface area contributed by atoms with E-state index in [4.69, 9.17) is 46.9 Å². The number of unbranched alkanes of at least 4 members (excludes halogenated alkanes) is 45. The van der Waals surface area contributed by atoms with Crippen LogP contribution >= 0.6 is 7.82 Å². The van der Waals surface area contributed by atoms with Crippen LogP contribution < -0.4 is 0 Å². The highest BCUT2D eigenvalue weighted by molar-refractivity contribution is 7.47. The van der Waals surface area contributed by atoms with Crippen LogP contribution in [0.15, 0.2) is 12.2 Å². The summed E-state index contributed by atoms with van der Waals surface area (Å²) in [5, 5.41) is 102. The Hall–Kier alpha value is -2.79. The normalized spacial score (nSPS) is 25.7. The van der Waals surface area contributed by atoms with Crippen molar-refractivity contribution in [2.45, 2.75) is 479 Å². The molecule has 1 aliphatic carbocycles. The summed E-state index contributed by atoms with van der Waals surface area (Å²) in [4.78, 5) is 66.2. The van der Waals surface area contributed by atoms with Gasteiger partial charge in [-0.1, -0.05) is 310 Å². The molecule has 652 valence electrons. The third-order valence-corrected chi connectivity index (χ3v) is 22.8. The minimum Gasteiger partial charge on any atom is -0.463 e. The van der Waals surface area contributed by atoms with Crippen LogP contribution in [0.5, 0.6) is 0 Å². The number of aliphatic hydroxyl groups is 9. The van der Waals surface area contributed by atoms with Crippen molar-refractivity contribution in [1.82, 2.24) is 0 Å². The molecular formula is C85H157O25P. The summed E-state index contributed by atoms with van der Waals surface area (Å²) in [5.41, 5.74) is 0. The molecule has 0 bridgehead atoms. The number of esters is 4. The Bertz CT molecular complexity index is 2370. The molecule has 0 aromatic rings. The van der Waals surface area contributed by atoms with Crippen molar-refractivity contribution in [3.8, 4) is 0 Å². The second kappa shape index (κ2) is 65.2. The molecule has 3 fully saturated rings. The molecule has 0 radical (unpaired) electrons. The van der Waals surface area contributed by atoms with E-state index in [2.05, 4.69) is 39.8 Å². The number of hydrogen-bond acceptors (Lipinski definition) is 24. The molecule has 3 rings (SSSR count). The quantitative estimate of drug-likeness (QED) is 0.00889. The fourth-order valence-electron chi connectivity index (χ4n) is 14.7. The van der Waals surface area contributed by atoms with Gasteiger partial charge >= 0.3 is 31.7 Å². The van der Waals surface area contributed by atoms with Crippen LogP contribution in [0.2, 0.25) is 0 Å². The van der Waals surface area contributed by atoms with Crippen molar-refractivity contribution < 1.29 is 122 Å². The highest BCUT2D eigenvalue weighted by Crippen LogP contribution is 2.49. The van der Waals surface area contributed by atoms with Crippen LogP contribution in [-0.2, 0) is 70.7 Å². The highest BCUT2D eigenvalue weighted by atomic mass is 31.2. The first-order chi connectivity index (χ1) is 53.7. The minimum atomic E-state index is -5.80. The van der Waals surface area contributed by atoms with Gasteiger partial charge in [-0.25, -0.2) is 4.57 Å². The van der Waals surface area contributed by atoms with Crippen LogP contribution in [0.4, 0.5) is 0 Å². The standard InChI is InChI=1S/C85H157O25P/c1-5-9-13-17-21-25-29-33-37-41-45-49-53-57-68(87)101-62-65(104-70(89)59-55-51-47-43-39-35-31-27-23-19-15-11-7-3)63-103-111(99,100)110-83-81(108-84-78(97)74(93)72(91)66(61-86)105-84)77(96)76(95)80(107-71(90)60-56-52-48-44-40-36-32-28-24-20-16-12-8-4)82(83)109-85-79(98)75(94)73(92)67(106-85)64-102-69(88)58-54-50-46-42-38-34-30-26-22-18-14-10-6-2/h35,39,65-67,72-86,91-98H,5-34,36-38,40-64H2,1-4H3,(H,99,100)/b39-35-. The molecule has 0 aromatic carbocycles. The van der Waals surface area contributed by atoms with E-state index in [1.165, 1.54) is 161 Å². The molecule has 0 spiro atoms. The van der Waals surface area contributed by atoms with Gasteiger partial charge in [0.1, 0.15) is 92.6 Å². The summed E-state index contributed by atoms with van der Waals surface area (Å²) >= 11 is 0. The molecule has 0 aromatic heterocycles. The molecule has 1 saturated carbocycles. The molecule has 25 nitrogen and oxygen atoms in total. The molecule has 0 amide bonds. The van der Waals surface area contributed by atoms with Crippen molar-refractivity contribution in [2.24, 2.45) is 0 Å². The Labute approximate surface area is 667 Å². The maximum absolute atomic E-state index is 14.8. The maximum atomic E-state index is 14.8. The smallest absolute Gasteiger partial charge is 0.463 e. The van der Waals surface area contributed by atoms with Crippen LogP contribution in [0.3, 0.4) is 0 Å². The van der Waals surface area contributed by atoms with Crippen molar-refractivity contribution in [2.75, 3.05) is 26.4 Å². The number of carbonyl (C=O) groups excluding carboxylic acids is 4. The molecule has 18 atom stereocenters. The van der Waals surface area contributed by atoms with E-state index in [9.17, 15) is 74.6 Å². The summed E-state index contributed by atoms with van der Waals surface area (Å²) < 4.78 is 73.2. The van der Waals surface area contributed by atoms with E-state index in [1.54, 1.807) is 0 Å². The van der Waals surface area contributed by atoms with Crippen LogP contribution in [0.25, 0.3) is 0 Å². The van der Waals surface area contributed by atoms with Gasteiger partial charge in [0.2, 0.25) is 0 Å². The zero-order chi connectivity index (χ0) is 81.1. The number of phosphoric acid groups is 1. The third kappa shape index (κ3) is 46.2. The molecule has 2 aliphatic heterocycles. The summed E-state index contributed by atoms with van der Waals surface area (Å²) in [5.74, 6) is -2.98. The number of allylic oxidation sites excluding steroid dienone is 2. The van der Waals surface area contributed by atoms with Gasteiger partial charge in [0.25, 0.3) is 0 Å². The fourth-order valence-corrected chi connectivity index (χ4v) is 15.6. The summed E-state index contributed by atoms with van der Waals surface area (Å²) in [6, 6.07) is 0. The first-order valence-corrected chi connectivity index (χ1v) is 45.9. The molecule has 26 heteroatoms. The zero-order valence-corrected chi connectivity index (χ0v) is 69.9. The van der Waals surface area contributed by atoms with E-state index < -0.39 is 162 Å². The number of rotatable bonds is 71. The lowest BCUT2D eigenvalue weighted by atomic mass is 9.84. The minimum absolute atomic E-state index is 0.0179. The largest absolute Gasteiger partial charge is 0.472 e. The van der Waals surface area contributed by atoms with Crippen LogP contribution in [0.1, 0.15) is 374 Å². The first-order valence-electron chi connectivity index (χ1n) is 44.4. The Morgan fingerprint density at radius 1 is 0.351 bits per heavy atom. The molecular weight excluding hydrogens is 1450 g/mol. The molecule has 18 unspecified atom stereocenters. The topological polar surface area (TPSA) is 380 Å². The predicted molar refractivity (Wildman–Crippen MR) is 426 cm³/mol. The number of hydrogen-bond donors (Lipinski definition) is 10. The van der Waals surface area contributed by atoms with Gasteiger partial charge in [0.05, 0.1) is 13.2 Å². The Balaban J connectivity index is 1.94. The summed E-state index contributed by atoms with van der Waals surface area (Å²) in [6.07, 6.45) is 21.0.